The summed E-state index contributed by atoms with van der Waals surface area (Å²) in [6, 6.07) is 13.9. The number of sulfonamides is 1. The van der Waals surface area contributed by atoms with Crippen molar-refractivity contribution in [1.29, 1.82) is 0 Å². The predicted octanol–water partition coefficient (Wildman–Crippen LogP) is 3.23. The molecule has 0 atom stereocenters. The number of fused-ring (bicyclic) bond motifs is 1. The van der Waals surface area contributed by atoms with Crippen molar-refractivity contribution >= 4 is 37.7 Å². The molecule has 2 aromatic carbocycles. The molecule has 0 amide bonds. The third-order valence-corrected chi connectivity index (χ3v) is 5.61. The summed E-state index contributed by atoms with van der Waals surface area (Å²) in [7, 11) is -3.72. The first-order chi connectivity index (χ1) is 11.0. The van der Waals surface area contributed by atoms with Gasteiger partial charge in [0.15, 0.2) is 0 Å². The van der Waals surface area contributed by atoms with Gasteiger partial charge >= 0.3 is 0 Å². The highest BCUT2D eigenvalue weighted by Gasteiger charge is 2.13. The van der Waals surface area contributed by atoms with Gasteiger partial charge < -0.3 is 5.11 Å². The number of nitrogens with zero attached hydrogens (tertiary/aromatic N) is 1. The summed E-state index contributed by atoms with van der Waals surface area (Å²) >= 11 is 1.34. The fourth-order valence-corrected chi connectivity index (χ4v) is 3.82. The Hall–Kier alpha value is -2.38. The number of nitrogens with one attached hydrogen (secondary N) is 1. The zero-order valence-electron chi connectivity index (χ0n) is 12.2. The number of aryl methyl sites for hydroxylation is 1. The van der Waals surface area contributed by atoms with E-state index >= 15 is 0 Å². The summed E-state index contributed by atoms with van der Waals surface area (Å²) < 4.78 is 25.1. The van der Waals surface area contributed by atoms with E-state index in [0.29, 0.717) is 4.88 Å². The average molecular weight is 346 g/mol. The van der Waals surface area contributed by atoms with E-state index in [2.05, 4.69) is 9.93 Å². The minimum atomic E-state index is -3.72. The van der Waals surface area contributed by atoms with Crippen LogP contribution in [0.3, 0.4) is 0 Å². The van der Waals surface area contributed by atoms with Crippen molar-refractivity contribution in [2.75, 3.05) is 0 Å². The van der Waals surface area contributed by atoms with E-state index in [1.807, 2.05) is 25.1 Å². The number of rotatable bonds is 4. The maximum absolute atomic E-state index is 12.1. The number of hydrazone groups is 1. The van der Waals surface area contributed by atoms with Crippen LogP contribution < -0.4 is 4.83 Å². The number of thiophene rings is 1. The average Bonchev–Trinajstić information content (AvgIpc) is 2.84. The van der Waals surface area contributed by atoms with E-state index < -0.39 is 10.0 Å². The Morgan fingerprint density at radius 1 is 1.13 bits per heavy atom. The summed E-state index contributed by atoms with van der Waals surface area (Å²) in [5.41, 5.74) is 0.975. The van der Waals surface area contributed by atoms with Gasteiger partial charge in [-0.15, -0.1) is 11.3 Å². The second-order valence-electron chi connectivity index (χ2n) is 4.98. The Labute approximate surface area is 138 Å². The molecular formula is C16H14N2O3S2. The van der Waals surface area contributed by atoms with Crippen molar-refractivity contribution in [3.05, 3.63) is 59.0 Å². The third kappa shape index (κ3) is 3.20. The number of aromatic hydroxyl groups is 1. The summed E-state index contributed by atoms with van der Waals surface area (Å²) in [6.07, 6.45) is 1.31. The lowest BCUT2D eigenvalue weighted by Crippen LogP contribution is -2.18. The molecular weight excluding hydrogens is 332 g/mol. The van der Waals surface area contributed by atoms with Gasteiger partial charge in [-0.3, -0.25) is 0 Å². The minimum absolute atomic E-state index is 0.101. The lowest BCUT2D eigenvalue weighted by Gasteiger charge is -2.03. The molecule has 3 rings (SSSR count). The molecule has 5 nitrogen and oxygen atoms in total. The maximum Gasteiger partial charge on any atom is 0.276 e. The molecule has 3 aromatic rings. The molecule has 0 bridgehead atoms. The molecule has 0 unspecified atom stereocenters. The van der Waals surface area contributed by atoms with Crippen LogP contribution in [0.25, 0.3) is 10.1 Å². The van der Waals surface area contributed by atoms with E-state index in [1.54, 1.807) is 18.2 Å². The first-order valence-electron chi connectivity index (χ1n) is 6.79. The smallest absolute Gasteiger partial charge is 0.276 e. The molecule has 7 heteroatoms. The standard InChI is InChI=1S/C16H14N2O3S2/c1-11-6-8-12(9-7-11)23(20,21)18-17-10-15-16(19)13-4-2-3-5-14(13)22-15/h2-10,18-19H,1H3/b17-10-. The van der Waals surface area contributed by atoms with Gasteiger partial charge in [-0.2, -0.15) is 13.5 Å². The first-order valence-corrected chi connectivity index (χ1v) is 9.09. The molecule has 0 radical (unpaired) electrons. The fourth-order valence-electron chi connectivity index (χ4n) is 2.06. The quantitative estimate of drug-likeness (QED) is 0.562. The van der Waals surface area contributed by atoms with Gasteiger partial charge in [-0.1, -0.05) is 29.8 Å². The van der Waals surface area contributed by atoms with Gasteiger partial charge in [0.25, 0.3) is 10.0 Å². The van der Waals surface area contributed by atoms with Crippen LogP contribution >= 0.6 is 11.3 Å². The van der Waals surface area contributed by atoms with E-state index in [-0.39, 0.29) is 10.6 Å². The molecule has 23 heavy (non-hydrogen) atoms. The molecule has 0 fully saturated rings. The normalized spacial score (nSPS) is 12.0. The van der Waals surface area contributed by atoms with E-state index in [1.165, 1.54) is 29.7 Å². The number of hydrogen-bond acceptors (Lipinski definition) is 5. The SMILES string of the molecule is Cc1ccc(S(=O)(=O)N/N=C\c2sc3ccccc3c2O)cc1. The van der Waals surface area contributed by atoms with Gasteiger partial charge in [0.05, 0.1) is 16.0 Å². The molecule has 0 saturated heterocycles. The van der Waals surface area contributed by atoms with E-state index in [0.717, 1.165) is 15.6 Å². The topological polar surface area (TPSA) is 78.8 Å². The molecule has 0 saturated carbocycles. The van der Waals surface area contributed by atoms with E-state index in [4.69, 9.17) is 0 Å². The van der Waals surface area contributed by atoms with Gasteiger partial charge in [0, 0.05) is 10.1 Å². The number of benzene rings is 2. The summed E-state index contributed by atoms with van der Waals surface area (Å²) in [5.74, 6) is 0.101. The first kappa shape index (κ1) is 15.5. The molecule has 1 heterocycles. The van der Waals surface area contributed by atoms with Gasteiger partial charge in [0.2, 0.25) is 0 Å². The van der Waals surface area contributed by atoms with Gasteiger partial charge in [-0.05, 0) is 31.2 Å². The van der Waals surface area contributed by atoms with Crippen LogP contribution in [0.15, 0.2) is 58.5 Å². The highest BCUT2D eigenvalue weighted by atomic mass is 32.2. The molecule has 0 spiro atoms. The lowest BCUT2D eigenvalue weighted by atomic mass is 10.2. The summed E-state index contributed by atoms with van der Waals surface area (Å²) in [5, 5.41) is 14.6. The monoisotopic (exact) mass is 346 g/mol. The van der Waals surface area contributed by atoms with Crippen molar-refractivity contribution in [1.82, 2.24) is 4.83 Å². The zero-order chi connectivity index (χ0) is 16.4. The molecule has 0 aliphatic carbocycles. The van der Waals surface area contributed by atoms with Crippen molar-refractivity contribution in [3.63, 3.8) is 0 Å². The second kappa shape index (κ2) is 6.02. The highest BCUT2D eigenvalue weighted by Crippen LogP contribution is 2.35. The highest BCUT2D eigenvalue weighted by molar-refractivity contribution is 7.89. The van der Waals surface area contributed by atoms with Gasteiger partial charge in [-0.25, -0.2) is 4.83 Å². The second-order valence-corrected chi connectivity index (χ2v) is 7.72. The van der Waals surface area contributed by atoms with Crippen molar-refractivity contribution in [2.45, 2.75) is 11.8 Å². The largest absolute Gasteiger partial charge is 0.506 e. The van der Waals surface area contributed by atoms with Crippen LogP contribution in [-0.2, 0) is 10.0 Å². The van der Waals surface area contributed by atoms with Crippen LogP contribution in [0.2, 0.25) is 0 Å². The fraction of sp³-hybridized carbons (Fsp3) is 0.0625. The summed E-state index contributed by atoms with van der Waals surface area (Å²) in [6.45, 7) is 1.88. The third-order valence-electron chi connectivity index (χ3n) is 3.28. The predicted molar refractivity (Wildman–Crippen MR) is 92.6 cm³/mol. The van der Waals surface area contributed by atoms with E-state index in [9.17, 15) is 13.5 Å². The van der Waals surface area contributed by atoms with Crippen LogP contribution in [0.5, 0.6) is 5.75 Å². The molecule has 118 valence electrons. The van der Waals surface area contributed by atoms with Crippen molar-refractivity contribution in [3.8, 4) is 5.75 Å². The Kier molecular flexibility index (Phi) is 4.06. The summed E-state index contributed by atoms with van der Waals surface area (Å²) in [4.78, 5) is 2.79. The van der Waals surface area contributed by atoms with Crippen LogP contribution in [-0.4, -0.2) is 19.7 Å². The molecule has 1 aromatic heterocycles. The molecule has 2 N–H and O–H groups in total. The van der Waals surface area contributed by atoms with Gasteiger partial charge in [0.1, 0.15) is 5.75 Å². The lowest BCUT2D eigenvalue weighted by molar-refractivity contribution is 0.483. The number of hydrogen-bond donors (Lipinski definition) is 2. The van der Waals surface area contributed by atoms with Crippen molar-refractivity contribution < 1.29 is 13.5 Å². The Morgan fingerprint density at radius 2 is 1.83 bits per heavy atom. The molecule has 0 aliphatic heterocycles. The van der Waals surface area contributed by atoms with Crippen LogP contribution in [0.1, 0.15) is 10.4 Å². The Bertz CT molecular complexity index is 974. The Balaban J connectivity index is 1.82. The van der Waals surface area contributed by atoms with Crippen molar-refractivity contribution in [2.24, 2.45) is 5.10 Å². The zero-order valence-corrected chi connectivity index (χ0v) is 13.9. The maximum atomic E-state index is 12.1. The van der Waals surface area contributed by atoms with Crippen LogP contribution in [0, 0.1) is 6.92 Å². The molecule has 0 aliphatic rings. The van der Waals surface area contributed by atoms with Crippen LogP contribution in [0.4, 0.5) is 0 Å². The minimum Gasteiger partial charge on any atom is -0.506 e. The Morgan fingerprint density at radius 3 is 2.52 bits per heavy atom.